The van der Waals surface area contributed by atoms with E-state index in [9.17, 15) is 0 Å². The minimum atomic E-state index is -0.179. The summed E-state index contributed by atoms with van der Waals surface area (Å²) >= 11 is 0. The van der Waals surface area contributed by atoms with Crippen LogP contribution in [0.25, 0.3) is 0 Å². The van der Waals surface area contributed by atoms with Crippen LogP contribution in [0.3, 0.4) is 0 Å². The van der Waals surface area contributed by atoms with E-state index < -0.39 is 0 Å². The zero-order chi connectivity index (χ0) is 13.7. The van der Waals surface area contributed by atoms with Crippen LogP contribution in [0.2, 0.25) is 0 Å². The van der Waals surface area contributed by atoms with Crippen LogP contribution in [0.1, 0.15) is 47.5 Å². The summed E-state index contributed by atoms with van der Waals surface area (Å²) in [5.74, 6) is 0.282. The van der Waals surface area contributed by atoms with E-state index in [1.807, 2.05) is 13.8 Å². The molecule has 17 heavy (non-hydrogen) atoms. The molecule has 0 aromatic rings. The molecule has 0 fully saturated rings. The van der Waals surface area contributed by atoms with Gasteiger partial charge in [0.05, 0.1) is 18.8 Å². The second-order valence-electron chi connectivity index (χ2n) is 4.41. The summed E-state index contributed by atoms with van der Waals surface area (Å²) in [4.78, 5) is 0. The fourth-order valence-corrected chi connectivity index (χ4v) is 1.45. The lowest BCUT2D eigenvalue weighted by Gasteiger charge is -2.33. The first-order valence-corrected chi connectivity index (χ1v) is 6.70. The minimum Gasteiger partial charge on any atom is -0.384 e. The fraction of sp³-hybridized carbons (Fsp3) is 1.00. The van der Waals surface area contributed by atoms with Crippen molar-refractivity contribution in [2.45, 2.75) is 53.1 Å². The number of methoxy groups -OCH3 is 2. The molecule has 0 saturated heterocycles. The molecule has 0 unspecified atom stereocenters. The molecule has 0 aromatic carbocycles. The molecule has 0 spiro atoms. The predicted molar refractivity (Wildman–Crippen MR) is 73.5 cm³/mol. The van der Waals surface area contributed by atoms with Crippen LogP contribution in [0, 0.1) is 5.92 Å². The van der Waals surface area contributed by atoms with Crippen LogP contribution >= 0.6 is 0 Å². The lowest BCUT2D eigenvalue weighted by atomic mass is 9.92. The Kier molecular flexibility index (Phi) is 14.0. The second-order valence-corrected chi connectivity index (χ2v) is 4.41. The van der Waals surface area contributed by atoms with Crippen molar-refractivity contribution in [3.05, 3.63) is 0 Å². The second kappa shape index (κ2) is 12.3. The molecule has 0 amide bonds. The molecule has 0 aliphatic carbocycles. The Morgan fingerprint density at radius 2 is 1.47 bits per heavy atom. The Bertz CT molecular complexity index is 140. The summed E-state index contributed by atoms with van der Waals surface area (Å²) in [7, 11) is 3.43. The van der Waals surface area contributed by atoms with E-state index in [0.29, 0.717) is 13.2 Å². The van der Waals surface area contributed by atoms with Crippen molar-refractivity contribution in [1.29, 1.82) is 0 Å². The smallest absolute Gasteiger partial charge is 0.0698 e. The highest BCUT2D eigenvalue weighted by Gasteiger charge is 2.30. The summed E-state index contributed by atoms with van der Waals surface area (Å²) in [6.45, 7) is 12.5. The van der Waals surface area contributed by atoms with Gasteiger partial charge in [0.25, 0.3) is 0 Å². The summed E-state index contributed by atoms with van der Waals surface area (Å²) in [5.41, 5.74) is -0.179. The van der Waals surface area contributed by atoms with Gasteiger partial charge in [0.1, 0.15) is 0 Å². The molecule has 106 valence electrons. The summed E-state index contributed by atoms with van der Waals surface area (Å²) in [5, 5.41) is 0. The van der Waals surface area contributed by atoms with E-state index in [4.69, 9.17) is 14.2 Å². The summed E-state index contributed by atoms with van der Waals surface area (Å²) in [6, 6.07) is 0. The molecule has 3 heteroatoms. The van der Waals surface area contributed by atoms with Crippen molar-refractivity contribution < 1.29 is 14.2 Å². The Morgan fingerprint density at radius 3 is 1.82 bits per heavy atom. The van der Waals surface area contributed by atoms with E-state index >= 15 is 0 Å². The molecular weight excluding hydrogens is 216 g/mol. The van der Waals surface area contributed by atoms with Gasteiger partial charge in [0, 0.05) is 26.7 Å². The van der Waals surface area contributed by atoms with Crippen LogP contribution in [0.5, 0.6) is 0 Å². The Hall–Kier alpha value is -0.120. The van der Waals surface area contributed by atoms with E-state index in [0.717, 1.165) is 19.4 Å². The van der Waals surface area contributed by atoms with Crippen molar-refractivity contribution in [3.63, 3.8) is 0 Å². The minimum absolute atomic E-state index is 0.179. The lowest BCUT2D eigenvalue weighted by Crippen LogP contribution is -2.40. The van der Waals surface area contributed by atoms with Gasteiger partial charge < -0.3 is 14.2 Å². The van der Waals surface area contributed by atoms with Gasteiger partial charge >= 0.3 is 0 Å². The van der Waals surface area contributed by atoms with E-state index in [1.54, 1.807) is 14.2 Å². The molecule has 0 saturated carbocycles. The van der Waals surface area contributed by atoms with Gasteiger partial charge in [-0.15, -0.1) is 0 Å². The van der Waals surface area contributed by atoms with Crippen LogP contribution in [0.4, 0.5) is 0 Å². The third-order valence-electron chi connectivity index (χ3n) is 2.69. The van der Waals surface area contributed by atoms with Crippen molar-refractivity contribution in [1.82, 2.24) is 0 Å². The van der Waals surface area contributed by atoms with Crippen molar-refractivity contribution in [2.75, 3.05) is 34.0 Å². The molecule has 0 bridgehead atoms. The average Bonchev–Trinajstić information content (AvgIpc) is 2.31. The Balaban J connectivity index is 0. The maximum Gasteiger partial charge on any atom is 0.0698 e. The molecule has 3 nitrogen and oxygen atoms in total. The third kappa shape index (κ3) is 9.57. The summed E-state index contributed by atoms with van der Waals surface area (Å²) < 4.78 is 16.3. The number of unbranched alkanes of at least 4 members (excludes halogenated alkanes) is 1. The van der Waals surface area contributed by atoms with E-state index in [1.165, 1.54) is 0 Å². The Labute approximate surface area is 108 Å². The zero-order valence-electron chi connectivity index (χ0n) is 12.8. The van der Waals surface area contributed by atoms with E-state index in [2.05, 4.69) is 20.8 Å². The van der Waals surface area contributed by atoms with Crippen molar-refractivity contribution in [3.8, 4) is 0 Å². The number of ether oxygens (including phenoxy) is 3. The largest absolute Gasteiger partial charge is 0.384 e. The van der Waals surface area contributed by atoms with Gasteiger partial charge in [0.2, 0.25) is 0 Å². The first-order valence-electron chi connectivity index (χ1n) is 6.70. The highest BCUT2D eigenvalue weighted by molar-refractivity contribution is 4.79. The van der Waals surface area contributed by atoms with Crippen LogP contribution in [-0.2, 0) is 14.2 Å². The third-order valence-corrected chi connectivity index (χ3v) is 2.69. The van der Waals surface area contributed by atoms with Gasteiger partial charge in [0.15, 0.2) is 0 Å². The normalized spacial score (nSPS) is 11.3. The monoisotopic (exact) mass is 248 g/mol. The molecule has 0 radical (unpaired) electrons. The van der Waals surface area contributed by atoms with Crippen LogP contribution < -0.4 is 0 Å². The highest BCUT2D eigenvalue weighted by Crippen LogP contribution is 2.22. The van der Waals surface area contributed by atoms with Gasteiger partial charge in [-0.05, 0) is 20.3 Å². The first kappa shape index (κ1) is 19.2. The summed E-state index contributed by atoms with van der Waals surface area (Å²) in [6.07, 6.45) is 2.27. The molecule has 0 aromatic heterocycles. The van der Waals surface area contributed by atoms with Gasteiger partial charge in [-0.3, -0.25) is 0 Å². The maximum absolute atomic E-state index is 5.88. The van der Waals surface area contributed by atoms with Gasteiger partial charge in [-0.2, -0.15) is 0 Å². The van der Waals surface area contributed by atoms with Crippen molar-refractivity contribution >= 4 is 0 Å². The van der Waals surface area contributed by atoms with Crippen LogP contribution in [0.15, 0.2) is 0 Å². The lowest BCUT2D eigenvalue weighted by molar-refractivity contribution is -0.0981. The predicted octanol–water partition coefficient (Wildman–Crippen LogP) is 3.52. The van der Waals surface area contributed by atoms with Crippen LogP contribution in [-0.4, -0.2) is 39.6 Å². The maximum atomic E-state index is 5.88. The average molecular weight is 248 g/mol. The van der Waals surface area contributed by atoms with E-state index in [-0.39, 0.29) is 11.5 Å². The topological polar surface area (TPSA) is 27.7 Å². The highest BCUT2D eigenvalue weighted by atomic mass is 16.5. The molecule has 0 heterocycles. The quantitative estimate of drug-likeness (QED) is 0.584. The first-order chi connectivity index (χ1) is 8.08. The van der Waals surface area contributed by atoms with Gasteiger partial charge in [-0.25, -0.2) is 0 Å². The SMILES string of the molecule is CC.CCCCOC(C)(C)C(COC)COC. The molecule has 0 atom stereocenters. The van der Waals surface area contributed by atoms with Gasteiger partial charge in [-0.1, -0.05) is 27.2 Å². The molecule has 0 aliphatic heterocycles. The molecular formula is C14H32O3. The standard InChI is InChI=1S/C12H26O3.C2H6/c1-6-7-8-15-12(2,3)11(9-13-4)10-14-5;1-2/h11H,6-10H2,1-5H3;1-2H3. The number of rotatable bonds is 9. The fourth-order valence-electron chi connectivity index (χ4n) is 1.45. The zero-order valence-corrected chi connectivity index (χ0v) is 12.8. The van der Waals surface area contributed by atoms with Crippen molar-refractivity contribution in [2.24, 2.45) is 5.92 Å². The molecule has 0 aliphatic rings. The number of hydrogen-bond acceptors (Lipinski definition) is 3. The molecule has 0 N–H and O–H groups in total. The molecule has 0 rings (SSSR count). The Morgan fingerprint density at radius 1 is 1.00 bits per heavy atom. The number of hydrogen-bond donors (Lipinski definition) is 0.